The van der Waals surface area contributed by atoms with E-state index in [1.54, 1.807) is 9.47 Å². The smallest absolute Gasteiger partial charge is 0.326 e. The van der Waals surface area contributed by atoms with E-state index in [1.807, 2.05) is 61.7 Å². The van der Waals surface area contributed by atoms with Gasteiger partial charge in [0.25, 0.3) is 0 Å². The molecule has 12 heteroatoms. The minimum absolute atomic E-state index is 0.0226. The van der Waals surface area contributed by atoms with Crippen molar-refractivity contribution in [3.05, 3.63) is 70.8 Å². The number of rotatable bonds is 7. The summed E-state index contributed by atoms with van der Waals surface area (Å²) < 4.78 is 12.9. The number of H-pyrrole nitrogens is 2. The number of para-hydroxylation sites is 3. The van der Waals surface area contributed by atoms with Crippen LogP contribution in [0.5, 0.6) is 0 Å². The summed E-state index contributed by atoms with van der Waals surface area (Å²) in [6.45, 7) is 3.70. The van der Waals surface area contributed by atoms with E-state index in [-0.39, 0.29) is 42.2 Å². The quantitative estimate of drug-likeness (QED) is 0.227. The van der Waals surface area contributed by atoms with Gasteiger partial charge in [-0.1, -0.05) is 37.3 Å². The van der Waals surface area contributed by atoms with Crippen LogP contribution >= 0.6 is 0 Å². The first-order chi connectivity index (χ1) is 20.4. The van der Waals surface area contributed by atoms with Crippen molar-refractivity contribution in [3.8, 4) is 0 Å². The van der Waals surface area contributed by atoms with E-state index in [0.717, 1.165) is 27.5 Å². The molecule has 0 aliphatic carbocycles. The summed E-state index contributed by atoms with van der Waals surface area (Å²) in [4.78, 5) is 47.7. The number of likely N-dealkylation sites (tertiary alicyclic amines) is 1. The van der Waals surface area contributed by atoms with Gasteiger partial charge < -0.3 is 40.7 Å². The third kappa shape index (κ3) is 5.65. The second kappa shape index (κ2) is 12.0. The molecule has 2 aliphatic heterocycles. The van der Waals surface area contributed by atoms with Crippen LogP contribution in [0.25, 0.3) is 21.9 Å². The molecule has 2 saturated heterocycles. The predicted octanol–water partition coefficient (Wildman–Crippen LogP) is 2.15. The molecule has 42 heavy (non-hydrogen) atoms. The van der Waals surface area contributed by atoms with E-state index in [0.29, 0.717) is 39.1 Å². The molecule has 0 radical (unpaired) electrons. The number of ether oxygens (including phenoxy) is 2. The zero-order valence-electron chi connectivity index (χ0n) is 23.5. The summed E-state index contributed by atoms with van der Waals surface area (Å²) in [6.07, 6.45) is 2.55. The average molecular weight is 576 g/mol. The van der Waals surface area contributed by atoms with Crippen LogP contribution in [0, 0.1) is 0 Å². The Morgan fingerprint density at radius 2 is 1.74 bits per heavy atom. The van der Waals surface area contributed by atoms with E-state index in [2.05, 4.69) is 20.6 Å². The topological polar surface area (TPSA) is 159 Å². The highest BCUT2D eigenvalue weighted by Crippen LogP contribution is 2.29. The number of nitrogens with zero attached hydrogens (tertiary/aromatic N) is 2. The highest BCUT2D eigenvalue weighted by atomic mass is 16.7. The summed E-state index contributed by atoms with van der Waals surface area (Å²) in [5.74, 6) is -0.669. The number of amides is 3. The molecule has 4 heterocycles. The van der Waals surface area contributed by atoms with Crippen molar-refractivity contribution >= 4 is 33.9 Å². The molecule has 0 bridgehead atoms. The van der Waals surface area contributed by atoms with E-state index in [1.165, 1.54) is 0 Å². The lowest BCUT2D eigenvalue weighted by molar-refractivity contribution is -0.183. The first kappa shape index (κ1) is 28.0. The van der Waals surface area contributed by atoms with Gasteiger partial charge in [0, 0.05) is 42.1 Å². The van der Waals surface area contributed by atoms with Crippen LogP contribution in [0.2, 0.25) is 0 Å². The van der Waals surface area contributed by atoms with Crippen LogP contribution in [0.1, 0.15) is 37.3 Å². The molecule has 0 saturated carbocycles. The lowest BCUT2D eigenvalue weighted by Gasteiger charge is -2.34. The van der Waals surface area contributed by atoms with E-state index < -0.39 is 12.3 Å². The summed E-state index contributed by atoms with van der Waals surface area (Å²) >= 11 is 0. The fourth-order valence-corrected chi connectivity index (χ4v) is 6.03. The Hall–Kier alpha value is -4.13. The maximum atomic E-state index is 13.6. The summed E-state index contributed by atoms with van der Waals surface area (Å²) in [7, 11) is 0. The van der Waals surface area contributed by atoms with Gasteiger partial charge in [0.05, 0.1) is 36.8 Å². The molecule has 222 valence electrons. The predicted molar refractivity (Wildman–Crippen MR) is 158 cm³/mol. The number of urea groups is 1. The van der Waals surface area contributed by atoms with Crippen molar-refractivity contribution in [2.24, 2.45) is 5.73 Å². The van der Waals surface area contributed by atoms with Crippen LogP contribution in [0.15, 0.2) is 59.5 Å². The minimum atomic E-state index is -0.850. The molecule has 2 aromatic heterocycles. The van der Waals surface area contributed by atoms with E-state index in [4.69, 9.17) is 15.2 Å². The molecule has 0 spiro atoms. The number of nitrogens with two attached hydrogens (primary N) is 1. The number of hydrogen-bond donors (Lipinski definition) is 5. The van der Waals surface area contributed by atoms with Gasteiger partial charge in [-0.15, -0.1) is 0 Å². The third-order valence-corrected chi connectivity index (χ3v) is 8.35. The van der Waals surface area contributed by atoms with Crippen molar-refractivity contribution in [2.45, 2.75) is 50.1 Å². The number of fused-ring (bicyclic) bond motifs is 2. The highest BCUT2D eigenvalue weighted by molar-refractivity contribution is 5.90. The number of aromatic nitrogens is 3. The third-order valence-electron chi connectivity index (χ3n) is 8.35. The lowest BCUT2D eigenvalue weighted by atomic mass is 9.92. The van der Waals surface area contributed by atoms with Gasteiger partial charge in [-0.25, -0.2) is 9.59 Å². The number of carbonyl (C=O) groups is 2. The number of nitrogens with one attached hydrogen (secondary N) is 4. The minimum Gasteiger partial charge on any atom is -0.361 e. The second-order valence-electron chi connectivity index (χ2n) is 11.1. The van der Waals surface area contributed by atoms with Gasteiger partial charge in [-0.2, -0.15) is 0 Å². The summed E-state index contributed by atoms with van der Waals surface area (Å²) in [5, 5.41) is 6.91. The van der Waals surface area contributed by atoms with Gasteiger partial charge in [-0.3, -0.25) is 9.36 Å². The van der Waals surface area contributed by atoms with Crippen molar-refractivity contribution in [1.82, 2.24) is 30.1 Å². The molecule has 2 aromatic carbocycles. The van der Waals surface area contributed by atoms with Crippen LogP contribution in [0.3, 0.4) is 0 Å². The average Bonchev–Trinajstić information content (AvgIpc) is 3.59. The van der Waals surface area contributed by atoms with Crippen molar-refractivity contribution in [2.75, 3.05) is 32.8 Å². The molecule has 2 aliphatic rings. The molecule has 2 atom stereocenters. The van der Waals surface area contributed by atoms with Crippen LogP contribution in [0.4, 0.5) is 4.79 Å². The fourth-order valence-electron chi connectivity index (χ4n) is 6.03. The van der Waals surface area contributed by atoms with Crippen molar-refractivity contribution in [3.63, 3.8) is 0 Å². The maximum Gasteiger partial charge on any atom is 0.326 e. The van der Waals surface area contributed by atoms with Gasteiger partial charge in [0.2, 0.25) is 5.91 Å². The zero-order chi connectivity index (χ0) is 29.2. The first-order valence-electron chi connectivity index (χ1n) is 14.5. The lowest BCUT2D eigenvalue weighted by Crippen LogP contribution is -2.56. The standard InChI is InChI=1S/C30H37N7O5/c1-18(22-14-32-23-7-3-2-6-21(22)23)27(28(38)33-15-26-41-16-19(31)17-42-26)35-29(39)36-12-10-20(11-13-36)37-25-9-5-4-8-24(25)34-30(37)40/h2-9,14,18-20,26-27,32H,10-13,15-17,31H2,1H3,(H,33,38)(H,34,40)(H,35,39)/t18-,19?,26?,27+/m0/s1. The van der Waals surface area contributed by atoms with Crippen molar-refractivity contribution in [1.29, 1.82) is 0 Å². The Morgan fingerprint density at radius 3 is 2.50 bits per heavy atom. The molecular formula is C30H37N7O5. The largest absolute Gasteiger partial charge is 0.361 e. The number of benzene rings is 2. The van der Waals surface area contributed by atoms with Crippen LogP contribution < -0.4 is 22.1 Å². The maximum absolute atomic E-state index is 13.6. The van der Waals surface area contributed by atoms with Gasteiger partial charge in [0.1, 0.15) is 6.04 Å². The first-order valence-corrected chi connectivity index (χ1v) is 14.5. The zero-order valence-corrected chi connectivity index (χ0v) is 23.5. The van der Waals surface area contributed by atoms with E-state index in [9.17, 15) is 14.4 Å². The second-order valence-corrected chi connectivity index (χ2v) is 11.1. The summed E-state index contributed by atoms with van der Waals surface area (Å²) in [5.41, 5.74) is 9.23. The molecule has 6 N–H and O–H groups in total. The number of carbonyl (C=O) groups excluding carboxylic acids is 2. The summed E-state index contributed by atoms with van der Waals surface area (Å²) in [6, 6.07) is 14.1. The Balaban J connectivity index is 1.15. The fraction of sp³-hybridized carbons (Fsp3) is 0.433. The molecular weight excluding hydrogens is 538 g/mol. The SMILES string of the molecule is C[C@@H](c1c[nH]c2ccccc12)[C@@H](NC(=O)N1CCC(n2c(=O)[nH]c3ccccc32)CC1)C(=O)NCC1OCC(N)CO1. The molecule has 12 nitrogen and oxygen atoms in total. The van der Waals surface area contributed by atoms with E-state index >= 15 is 0 Å². The monoisotopic (exact) mass is 575 g/mol. The van der Waals surface area contributed by atoms with Crippen molar-refractivity contribution < 1.29 is 19.1 Å². The van der Waals surface area contributed by atoms with Crippen LogP contribution in [-0.4, -0.2) is 82.6 Å². The highest BCUT2D eigenvalue weighted by Gasteiger charge is 2.33. The molecule has 0 unspecified atom stereocenters. The number of piperidine rings is 1. The normalized spacial score (nSPS) is 21.3. The number of aromatic amines is 2. The Labute approximate surface area is 242 Å². The number of imidazole rings is 1. The molecule has 2 fully saturated rings. The van der Waals surface area contributed by atoms with Crippen LogP contribution in [-0.2, 0) is 14.3 Å². The Kier molecular flexibility index (Phi) is 8.00. The molecule has 4 aromatic rings. The van der Waals surface area contributed by atoms with Gasteiger partial charge in [0.15, 0.2) is 6.29 Å². The molecule has 6 rings (SSSR count). The van der Waals surface area contributed by atoms with Gasteiger partial charge >= 0.3 is 11.7 Å². The molecule has 3 amide bonds. The number of hydrogen-bond acceptors (Lipinski definition) is 6. The van der Waals surface area contributed by atoms with Gasteiger partial charge in [-0.05, 0) is 36.6 Å². The Morgan fingerprint density at radius 1 is 1.05 bits per heavy atom. The Bertz CT molecular complexity index is 1610.